The van der Waals surface area contributed by atoms with E-state index >= 15 is 0 Å². The molecule has 0 spiro atoms. The van der Waals surface area contributed by atoms with Gasteiger partial charge in [0.1, 0.15) is 12.2 Å². The lowest BCUT2D eigenvalue weighted by atomic mass is 10.2. The van der Waals surface area contributed by atoms with Gasteiger partial charge in [0.25, 0.3) is 5.17 Å². The maximum absolute atomic E-state index is 12.1. The standard InChI is InChI=1S/C8H8F3N3OS/c1-4-6-5(15-7(16)12-4)2-14(13-6)3-8(9,10)11/h2,4H,3H2,1H3,(H,12,16). The molecule has 2 heterocycles. The maximum Gasteiger partial charge on any atom is 0.408 e. The zero-order valence-corrected chi connectivity index (χ0v) is 9.02. The van der Waals surface area contributed by atoms with Gasteiger partial charge in [-0.25, -0.2) is 0 Å². The number of hydrogen-bond donors (Lipinski definition) is 1. The highest BCUT2D eigenvalue weighted by Gasteiger charge is 2.31. The molecule has 0 aliphatic carbocycles. The summed E-state index contributed by atoms with van der Waals surface area (Å²) in [4.78, 5) is 0. The number of rotatable bonds is 1. The molecule has 1 atom stereocenters. The topological polar surface area (TPSA) is 39.1 Å². The van der Waals surface area contributed by atoms with Crippen LogP contribution in [-0.2, 0) is 6.54 Å². The summed E-state index contributed by atoms with van der Waals surface area (Å²) >= 11 is 4.79. The van der Waals surface area contributed by atoms with Gasteiger partial charge < -0.3 is 10.1 Å². The Bertz CT molecular complexity index is 429. The largest absolute Gasteiger partial charge is 0.428 e. The van der Waals surface area contributed by atoms with E-state index in [0.29, 0.717) is 5.69 Å². The summed E-state index contributed by atoms with van der Waals surface area (Å²) in [6, 6.07) is -0.245. The van der Waals surface area contributed by atoms with Gasteiger partial charge in [-0.3, -0.25) is 4.68 Å². The molecule has 0 saturated heterocycles. The molecular weight excluding hydrogens is 243 g/mol. The predicted octanol–water partition coefficient (Wildman–Crippen LogP) is 1.77. The van der Waals surface area contributed by atoms with Crippen LogP contribution in [0.15, 0.2) is 6.20 Å². The van der Waals surface area contributed by atoms with Crippen LogP contribution in [0, 0.1) is 0 Å². The van der Waals surface area contributed by atoms with Crippen molar-refractivity contribution in [3.8, 4) is 5.75 Å². The van der Waals surface area contributed by atoms with E-state index in [1.165, 1.54) is 6.20 Å². The smallest absolute Gasteiger partial charge is 0.408 e. The van der Waals surface area contributed by atoms with Crippen molar-refractivity contribution in [3.63, 3.8) is 0 Å². The van der Waals surface area contributed by atoms with Crippen molar-refractivity contribution in [2.24, 2.45) is 0 Å². The quantitative estimate of drug-likeness (QED) is 0.772. The number of halogens is 3. The molecular formula is C8H8F3N3OS. The van der Waals surface area contributed by atoms with E-state index in [2.05, 4.69) is 10.4 Å². The van der Waals surface area contributed by atoms with Crippen molar-refractivity contribution in [1.29, 1.82) is 0 Å². The van der Waals surface area contributed by atoms with Crippen molar-refractivity contribution >= 4 is 17.4 Å². The molecule has 1 aliphatic rings. The zero-order chi connectivity index (χ0) is 11.9. The lowest BCUT2D eigenvalue weighted by Crippen LogP contribution is -2.33. The van der Waals surface area contributed by atoms with Crippen LogP contribution in [0.4, 0.5) is 13.2 Å². The summed E-state index contributed by atoms with van der Waals surface area (Å²) in [6.07, 6.45) is -3.10. The summed E-state index contributed by atoms with van der Waals surface area (Å²) < 4.78 is 42.3. The van der Waals surface area contributed by atoms with Crippen LogP contribution in [0.3, 0.4) is 0 Å². The van der Waals surface area contributed by atoms with Crippen molar-refractivity contribution < 1.29 is 17.9 Å². The summed E-state index contributed by atoms with van der Waals surface area (Å²) in [5.41, 5.74) is 0.429. The van der Waals surface area contributed by atoms with Gasteiger partial charge in [0, 0.05) is 0 Å². The SMILES string of the molecule is CC1NC(=S)Oc2cn(CC(F)(F)F)nc21. The van der Waals surface area contributed by atoms with Gasteiger partial charge >= 0.3 is 6.18 Å². The van der Waals surface area contributed by atoms with E-state index in [9.17, 15) is 13.2 Å². The van der Waals surface area contributed by atoms with Crippen molar-refractivity contribution in [1.82, 2.24) is 15.1 Å². The summed E-state index contributed by atoms with van der Waals surface area (Å²) in [5.74, 6) is 0.278. The van der Waals surface area contributed by atoms with Crippen LogP contribution in [0.2, 0.25) is 0 Å². The number of aromatic nitrogens is 2. The first-order valence-electron chi connectivity index (χ1n) is 4.47. The van der Waals surface area contributed by atoms with Crippen molar-refractivity contribution in [2.45, 2.75) is 25.7 Å². The number of nitrogens with zero attached hydrogens (tertiary/aromatic N) is 2. The van der Waals surface area contributed by atoms with Crippen LogP contribution < -0.4 is 10.1 Å². The first kappa shape index (κ1) is 11.2. The second kappa shape index (κ2) is 3.62. The third kappa shape index (κ3) is 2.26. The van der Waals surface area contributed by atoms with Gasteiger partial charge in [-0.1, -0.05) is 0 Å². The minimum atomic E-state index is -4.30. The molecule has 1 aromatic rings. The Hall–Kier alpha value is -1.31. The van der Waals surface area contributed by atoms with Crippen molar-refractivity contribution in [3.05, 3.63) is 11.9 Å². The molecule has 1 unspecified atom stereocenters. The Morgan fingerprint density at radius 2 is 2.31 bits per heavy atom. The summed E-state index contributed by atoms with van der Waals surface area (Å²) in [5, 5.41) is 6.71. The minimum absolute atomic E-state index is 0.145. The Morgan fingerprint density at radius 3 is 2.94 bits per heavy atom. The third-order valence-electron chi connectivity index (χ3n) is 2.04. The van der Waals surface area contributed by atoms with Crippen LogP contribution in [0.1, 0.15) is 18.7 Å². The molecule has 0 saturated carbocycles. The fraction of sp³-hybridized carbons (Fsp3) is 0.500. The van der Waals surface area contributed by atoms with Gasteiger partial charge in [-0.05, 0) is 19.1 Å². The number of nitrogens with one attached hydrogen (secondary N) is 1. The third-order valence-corrected chi connectivity index (χ3v) is 2.24. The molecule has 1 N–H and O–H groups in total. The highest BCUT2D eigenvalue weighted by atomic mass is 32.1. The molecule has 0 fully saturated rings. The van der Waals surface area contributed by atoms with Gasteiger partial charge in [0.15, 0.2) is 5.75 Å². The fourth-order valence-corrected chi connectivity index (χ4v) is 1.70. The monoisotopic (exact) mass is 251 g/mol. The molecule has 4 nitrogen and oxygen atoms in total. The highest BCUT2D eigenvalue weighted by Crippen LogP contribution is 2.28. The van der Waals surface area contributed by atoms with E-state index in [-0.39, 0.29) is 17.0 Å². The Kier molecular flexibility index (Phi) is 2.53. The number of alkyl halides is 3. The van der Waals surface area contributed by atoms with Crippen molar-refractivity contribution in [2.75, 3.05) is 0 Å². The van der Waals surface area contributed by atoms with E-state index in [1.54, 1.807) is 6.92 Å². The van der Waals surface area contributed by atoms with E-state index < -0.39 is 12.7 Å². The first-order valence-corrected chi connectivity index (χ1v) is 4.88. The van der Waals surface area contributed by atoms with E-state index in [1.807, 2.05) is 0 Å². The van der Waals surface area contributed by atoms with Crippen LogP contribution >= 0.6 is 12.2 Å². The van der Waals surface area contributed by atoms with Gasteiger partial charge in [-0.15, -0.1) is 0 Å². The van der Waals surface area contributed by atoms with Gasteiger partial charge in [-0.2, -0.15) is 18.3 Å². The highest BCUT2D eigenvalue weighted by molar-refractivity contribution is 7.80. The number of hydrogen-bond acceptors (Lipinski definition) is 3. The van der Waals surface area contributed by atoms with E-state index in [0.717, 1.165) is 4.68 Å². The average Bonchev–Trinajstić information content (AvgIpc) is 2.43. The minimum Gasteiger partial charge on any atom is -0.428 e. The molecule has 0 aromatic carbocycles. The lowest BCUT2D eigenvalue weighted by molar-refractivity contribution is -0.142. The van der Waals surface area contributed by atoms with Crippen LogP contribution in [0.25, 0.3) is 0 Å². The normalized spacial score (nSPS) is 20.0. The van der Waals surface area contributed by atoms with Crippen LogP contribution in [-0.4, -0.2) is 21.1 Å². The van der Waals surface area contributed by atoms with E-state index in [4.69, 9.17) is 17.0 Å². The Morgan fingerprint density at radius 1 is 1.62 bits per heavy atom. The molecule has 0 radical (unpaired) electrons. The lowest BCUT2D eigenvalue weighted by Gasteiger charge is -2.20. The molecule has 0 bridgehead atoms. The summed E-state index contributed by atoms with van der Waals surface area (Å²) in [7, 11) is 0. The molecule has 1 aliphatic heterocycles. The molecule has 2 rings (SSSR count). The predicted molar refractivity (Wildman–Crippen MR) is 53.1 cm³/mol. The number of fused-ring (bicyclic) bond motifs is 1. The second-order valence-corrected chi connectivity index (χ2v) is 3.82. The average molecular weight is 251 g/mol. The van der Waals surface area contributed by atoms with Gasteiger partial charge in [0.2, 0.25) is 0 Å². The fourth-order valence-electron chi connectivity index (χ4n) is 1.44. The zero-order valence-electron chi connectivity index (χ0n) is 8.21. The Labute approximate surface area is 94.4 Å². The molecule has 8 heteroatoms. The molecule has 16 heavy (non-hydrogen) atoms. The number of ether oxygens (including phenoxy) is 1. The van der Waals surface area contributed by atoms with Gasteiger partial charge in [0.05, 0.1) is 12.2 Å². The molecule has 88 valence electrons. The molecule has 1 aromatic heterocycles. The maximum atomic E-state index is 12.1. The molecule has 0 amide bonds. The second-order valence-electron chi connectivity index (χ2n) is 3.45. The first-order chi connectivity index (χ1) is 7.35. The number of thiocarbonyl (C=S) groups is 1. The van der Waals surface area contributed by atoms with Crippen LogP contribution in [0.5, 0.6) is 5.75 Å². The summed E-state index contributed by atoms with van der Waals surface area (Å²) in [6.45, 7) is 0.613. The Balaban J connectivity index is 2.26.